The van der Waals surface area contributed by atoms with Gasteiger partial charge in [-0.2, -0.15) is 0 Å². The van der Waals surface area contributed by atoms with Crippen LogP contribution in [0.3, 0.4) is 0 Å². The molecule has 3 nitrogen and oxygen atoms in total. The summed E-state index contributed by atoms with van der Waals surface area (Å²) in [6.45, 7) is 3.37. The van der Waals surface area contributed by atoms with Crippen LogP contribution in [0.4, 0.5) is 11.4 Å². The van der Waals surface area contributed by atoms with Crippen LogP contribution in [0.2, 0.25) is 0 Å². The molecule has 1 aromatic carbocycles. The summed E-state index contributed by atoms with van der Waals surface area (Å²) in [7, 11) is 0. The van der Waals surface area contributed by atoms with Crippen LogP contribution in [0.15, 0.2) is 17.6 Å². The number of nitrogens with two attached hydrogens (primary N) is 1. The summed E-state index contributed by atoms with van der Waals surface area (Å²) in [6, 6.07) is 4.95. The van der Waals surface area contributed by atoms with E-state index in [1.165, 1.54) is 29.6 Å². The van der Waals surface area contributed by atoms with Crippen molar-refractivity contribution in [3.05, 3.63) is 17.6 Å². The normalized spacial score (nSPS) is 20.3. The number of aromatic nitrogens is 1. The lowest BCUT2D eigenvalue weighted by atomic mass is 10.1. The van der Waals surface area contributed by atoms with E-state index in [2.05, 4.69) is 28.9 Å². The minimum Gasteiger partial charge on any atom is -0.395 e. The number of rotatable bonds is 2. The van der Waals surface area contributed by atoms with E-state index < -0.39 is 0 Å². The summed E-state index contributed by atoms with van der Waals surface area (Å²) in [5.41, 5.74) is 11.1. The Kier molecular flexibility index (Phi) is 2.67. The van der Waals surface area contributed by atoms with Gasteiger partial charge in [0.25, 0.3) is 0 Å². The number of hydrogen-bond donors (Lipinski definition) is 1. The van der Waals surface area contributed by atoms with Crippen LogP contribution in [0, 0.1) is 0 Å². The molecule has 0 bridgehead atoms. The minimum atomic E-state index is 0.647. The molecule has 1 saturated heterocycles. The van der Waals surface area contributed by atoms with Gasteiger partial charge in [0.1, 0.15) is 5.52 Å². The maximum absolute atomic E-state index is 6.26. The molecule has 2 heterocycles. The summed E-state index contributed by atoms with van der Waals surface area (Å²) in [6.07, 6.45) is 3.74. The average molecular weight is 247 g/mol. The fourth-order valence-corrected chi connectivity index (χ4v) is 3.46. The Morgan fingerprint density at radius 3 is 3.24 bits per heavy atom. The second kappa shape index (κ2) is 4.18. The molecule has 4 heteroatoms. The lowest BCUT2D eigenvalue weighted by Gasteiger charge is -2.27. The molecule has 17 heavy (non-hydrogen) atoms. The maximum Gasteiger partial charge on any atom is 0.106 e. The highest BCUT2D eigenvalue weighted by atomic mass is 32.1. The SMILES string of the molecule is CCC1CCCN1c1ccc2scnc2c1N. The number of fused-ring (bicyclic) bond motifs is 1. The highest BCUT2D eigenvalue weighted by Crippen LogP contribution is 2.36. The first-order valence-electron chi connectivity index (χ1n) is 6.19. The maximum atomic E-state index is 6.26. The first kappa shape index (κ1) is 10.8. The number of nitrogen functional groups attached to an aromatic ring is 1. The Morgan fingerprint density at radius 1 is 1.53 bits per heavy atom. The monoisotopic (exact) mass is 247 g/mol. The van der Waals surface area contributed by atoms with Gasteiger partial charge in [-0.25, -0.2) is 4.98 Å². The largest absolute Gasteiger partial charge is 0.395 e. The van der Waals surface area contributed by atoms with Crippen molar-refractivity contribution in [2.75, 3.05) is 17.2 Å². The van der Waals surface area contributed by atoms with Crippen LogP contribution in [-0.2, 0) is 0 Å². The molecule has 1 aliphatic heterocycles. The van der Waals surface area contributed by atoms with Crippen molar-refractivity contribution in [2.24, 2.45) is 0 Å². The molecule has 0 radical (unpaired) electrons. The predicted molar refractivity (Wildman–Crippen MR) is 74.7 cm³/mol. The van der Waals surface area contributed by atoms with Gasteiger partial charge in [0.15, 0.2) is 0 Å². The summed E-state index contributed by atoms with van der Waals surface area (Å²) >= 11 is 1.65. The minimum absolute atomic E-state index is 0.647. The van der Waals surface area contributed by atoms with Crippen LogP contribution >= 0.6 is 11.3 Å². The summed E-state index contributed by atoms with van der Waals surface area (Å²) in [5.74, 6) is 0. The lowest BCUT2D eigenvalue weighted by Crippen LogP contribution is -2.29. The van der Waals surface area contributed by atoms with Crippen LogP contribution in [0.25, 0.3) is 10.2 Å². The Bertz CT molecular complexity index is 534. The zero-order valence-corrected chi connectivity index (χ0v) is 10.8. The molecule has 90 valence electrons. The smallest absolute Gasteiger partial charge is 0.106 e. The van der Waals surface area contributed by atoms with Gasteiger partial charge < -0.3 is 10.6 Å². The number of thiazole rings is 1. The molecule has 0 amide bonds. The molecular weight excluding hydrogens is 230 g/mol. The fraction of sp³-hybridized carbons (Fsp3) is 0.462. The Hall–Kier alpha value is -1.29. The predicted octanol–water partition coefficient (Wildman–Crippen LogP) is 3.26. The van der Waals surface area contributed by atoms with Crippen LogP contribution in [-0.4, -0.2) is 17.6 Å². The quantitative estimate of drug-likeness (QED) is 0.828. The fourth-order valence-electron chi connectivity index (χ4n) is 2.77. The van der Waals surface area contributed by atoms with Gasteiger partial charge in [-0.05, 0) is 31.4 Å². The van der Waals surface area contributed by atoms with E-state index in [4.69, 9.17) is 5.73 Å². The molecular formula is C13H17N3S. The number of nitrogens with zero attached hydrogens (tertiary/aromatic N) is 2. The van der Waals surface area contributed by atoms with Gasteiger partial charge >= 0.3 is 0 Å². The van der Waals surface area contributed by atoms with Crippen LogP contribution in [0.5, 0.6) is 0 Å². The third-order valence-electron chi connectivity index (χ3n) is 3.68. The molecule has 3 rings (SSSR count). The molecule has 1 fully saturated rings. The van der Waals surface area contributed by atoms with E-state index in [1.54, 1.807) is 11.3 Å². The van der Waals surface area contributed by atoms with E-state index in [-0.39, 0.29) is 0 Å². The van der Waals surface area contributed by atoms with Crippen molar-refractivity contribution >= 4 is 32.9 Å². The van der Waals surface area contributed by atoms with Crippen LogP contribution < -0.4 is 10.6 Å². The first-order valence-corrected chi connectivity index (χ1v) is 7.07. The van der Waals surface area contributed by atoms with Crippen molar-refractivity contribution in [2.45, 2.75) is 32.2 Å². The van der Waals surface area contributed by atoms with Crippen molar-refractivity contribution in [3.63, 3.8) is 0 Å². The third kappa shape index (κ3) is 1.67. The molecule has 1 aliphatic rings. The summed E-state index contributed by atoms with van der Waals surface area (Å²) in [5, 5.41) is 0. The summed E-state index contributed by atoms with van der Waals surface area (Å²) in [4.78, 5) is 6.82. The average Bonchev–Trinajstić information content (AvgIpc) is 2.97. The highest BCUT2D eigenvalue weighted by Gasteiger charge is 2.25. The molecule has 0 saturated carbocycles. The standard InChI is InChI=1S/C13H17N3S/c1-2-9-4-3-7-16(9)10-5-6-11-13(12(10)14)15-8-17-11/h5-6,8-9H,2-4,7,14H2,1H3. The first-order chi connectivity index (χ1) is 8.31. The third-order valence-corrected chi connectivity index (χ3v) is 4.47. The number of hydrogen-bond acceptors (Lipinski definition) is 4. The van der Waals surface area contributed by atoms with Crippen molar-refractivity contribution in [1.29, 1.82) is 0 Å². The van der Waals surface area contributed by atoms with E-state index >= 15 is 0 Å². The van der Waals surface area contributed by atoms with Gasteiger partial charge in [0, 0.05) is 12.6 Å². The molecule has 0 aliphatic carbocycles. The Balaban J connectivity index is 2.07. The van der Waals surface area contributed by atoms with Crippen LogP contribution in [0.1, 0.15) is 26.2 Å². The Labute approximate surface area is 105 Å². The second-order valence-electron chi connectivity index (χ2n) is 4.60. The van der Waals surface area contributed by atoms with E-state index in [0.29, 0.717) is 6.04 Å². The Morgan fingerprint density at radius 2 is 2.41 bits per heavy atom. The van der Waals surface area contributed by atoms with Crippen molar-refractivity contribution < 1.29 is 0 Å². The van der Waals surface area contributed by atoms with E-state index in [9.17, 15) is 0 Å². The van der Waals surface area contributed by atoms with Gasteiger partial charge in [-0.1, -0.05) is 6.92 Å². The molecule has 1 aromatic heterocycles. The number of benzene rings is 1. The molecule has 2 aromatic rings. The summed E-state index contributed by atoms with van der Waals surface area (Å²) < 4.78 is 1.18. The van der Waals surface area contributed by atoms with Crippen molar-refractivity contribution in [1.82, 2.24) is 4.98 Å². The van der Waals surface area contributed by atoms with Gasteiger partial charge in [0.2, 0.25) is 0 Å². The second-order valence-corrected chi connectivity index (χ2v) is 5.48. The molecule has 0 spiro atoms. The molecule has 1 atom stereocenters. The number of anilines is 2. The van der Waals surface area contributed by atoms with Gasteiger partial charge in [0.05, 0.1) is 21.6 Å². The van der Waals surface area contributed by atoms with E-state index in [0.717, 1.165) is 17.7 Å². The molecule has 1 unspecified atom stereocenters. The van der Waals surface area contributed by atoms with Gasteiger partial charge in [-0.3, -0.25) is 0 Å². The van der Waals surface area contributed by atoms with Gasteiger partial charge in [-0.15, -0.1) is 11.3 Å². The van der Waals surface area contributed by atoms with Crippen molar-refractivity contribution in [3.8, 4) is 0 Å². The topological polar surface area (TPSA) is 42.2 Å². The zero-order valence-electron chi connectivity index (χ0n) is 10.0. The lowest BCUT2D eigenvalue weighted by molar-refractivity contribution is 0.646. The highest BCUT2D eigenvalue weighted by molar-refractivity contribution is 7.16. The molecule has 2 N–H and O–H groups in total. The van der Waals surface area contributed by atoms with E-state index in [1.807, 2.05) is 5.51 Å². The zero-order chi connectivity index (χ0) is 11.8.